The molecule has 2 aliphatic heterocycles. The van der Waals surface area contributed by atoms with Gasteiger partial charge in [0.1, 0.15) is 11.8 Å². The summed E-state index contributed by atoms with van der Waals surface area (Å²) < 4.78 is 5.55. The first kappa shape index (κ1) is 18.8. The molecule has 0 radical (unpaired) electrons. The van der Waals surface area contributed by atoms with Crippen molar-refractivity contribution in [2.24, 2.45) is 5.92 Å². The molecule has 5 heteroatoms. The van der Waals surface area contributed by atoms with Crippen molar-refractivity contribution in [1.82, 2.24) is 9.80 Å². The molecular formula is C22H32N2O3. The summed E-state index contributed by atoms with van der Waals surface area (Å²) in [5.41, 5.74) is 3.01. The topological polar surface area (TPSA) is 53.0 Å². The molecule has 0 amide bonds. The van der Waals surface area contributed by atoms with Gasteiger partial charge in [0.25, 0.3) is 0 Å². The van der Waals surface area contributed by atoms with E-state index in [1.165, 1.54) is 11.1 Å². The molecule has 2 heterocycles. The molecule has 2 saturated heterocycles. The molecule has 2 fully saturated rings. The van der Waals surface area contributed by atoms with Gasteiger partial charge in [-0.05, 0) is 88.0 Å². The summed E-state index contributed by atoms with van der Waals surface area (Å²) in [4.78, 5) is 16.3. The van der Waals surface area contributed by atoms with Crippen LogP contribution in [0.15, 0.2) is 18.2 Å². The van der Waals surface area contributed by atoms with Gasteiger partial charge in [0.15, 0.2) is 0 Å². The molecule has 0 saturated carbocycles. The van der Waals surface area contributed by atoms with Gasteiger partial charge >= 0.3 is 5.97 Å². The van der Waals surface area contributed by atoms with E-state index in [0.717, 1.165) is 57.5 Å². The first-order chi connectivity index (χ1) is 13.0. The van der Waals surface area contributed by atoms with Crippen LogP contribution in [0.5, 0.6) is 5.75 Å². The second kappa shape index (κ2) is 7.10. The first-order valence-corrected chi connectivity index (χ1v) is 10.3. The van der Waals surface area contributed by atoms with E-state index in [4.69, 9.17) is 4.74 Å². The number of carboxylic acids is 1. The van der Waals surface area contributed by atoms with E-state index in [-0.39, 0.29) is 11.5 Å². The van der Waals surface area contributed by atoms with Crippen molar-refractivity contribution < 1.29 is 14.6 Å². The molecule has 1 aliphatic carbocycles. The Labute approximate surface area is 162 Å². The fourth-order valence-electron chi connectivity index (χ4n) is 5.99. The van der Waals surface area contributed by atoms with Crippen LogP contribution in [0.4, 0.5) is 0 Å². The van der Waals surface area contributed by atoms with Gasteiger partial charge in [-0.1, -0.05) is 13.0 Å². The quantitative estimate of drug-likeness (QED) is 0.861. The molecule has 4 atom stereocenters. The van der Waals surface area contributed by atoms with Crippen LogP contribution in [0.3, 0.4) is 0 Å². The van der Waals surface area contributed by atoms with Gasteiger partial charge in [-0.3, -0.25) is 9.69 Å². The number of carboxylic acid groups (broad SMARTS) is 1. The summed E-state index contributed by atoms with van der Waals surface area (Å²) in [6.07, 6.45) is 5.04. The fourth-order valence-corrected chi connectivity index (χ4v) is 5.99. The number of methoxy groups -OCH3 is 1. The Morgan fingerprint density at radius 1 is 1.37 bits per heavy atom. The van der Waals surface area contributed by atoms with Crippen molar-refractivity contribution in [2.45, 2.75) is 56.5 Å². The molecule has 148 valence electrons. The third-order valence-corrected chi connectivity index (χ3v) is 7.70. The third kappa shape index (κ3) is 3.05. The maximum Gasteiger partial charge on any atom is 0.320 e. The van der Waals surface area contributed by atoms with Crippen LogP contribution < -0.4 is 4.74 Å². The summed E-state index contributed by atoms with van der Waals surface area (Å²) in [5, 5.41) is 9.54. The predicted molar refractivity (Wildman–Crippen MR) is 105 cm³/mol. The Morgan fingerprint density at radius 3 is 2.93 bits per heavy atom. The van der Waals surface area contributed by atoms with Gasteiger partial charge in [0, 0.05) is 11.5 Å². The molecule has 1 aromatic rings. The van der Waals surface area contributed by atoms with E-state index in [0.29, 0.717) is 12.0 Å². The number of rotatable bonds is 5. The molecule has 0 spiro atoms. The molecule has 27 heavy (non-hydrogen) atoms. The molecule has 0 aromatic heterocycles. The number of nitrogens with zero attached hydrogens (tertiary/aromatic N) is 2. The highest BCUT2D eigenvalue weighted by molar-refractivity contribution is 5.73. The maximum absolute atomic E-state index is 11.6. The average molecular weight is 373 g/mol. The minimum Gasteiger partial charge on any atom is -0.497 e. The van der Waals surface area contributed by atoms with Gasteiger partial charge in [-0.15, -0.1) is 0 Å². The Balaban J connectivity index is 1.67. The average Bonchev–Trinajstić information content (AvgIpc) is 3.13. The predicted octanol–water partition coefficient (Wildman–Crippen LogP) is 2.77. The number of hydrogen-bond donors (Lipinski definition) is 1. The molecule has 3 aliphatic rings. The van der Waals surface area contributed by atoms with Gasteiger partial charge in [0.05, 0.1) is 7.11 Å². The number of benzene rings is 1. The van der Waals surface area contributed by atoms with Crippen molar-refractivity contribution in [3.8, 4) is 5.75 Å². The van der Waals surface area contributed by atoms with Crippen molar-refractivity contribution in [2.75, 3.05) is 33.8 Å². The number of ether oxygens (including phenoxy) is 1. The summed E-state index contributed by atoms with van der Waals surface area (Å²) >= 11 is 0. The second-order valence-corrected chi connectivity index (χ2v) is 8.75. The normalized spacial score (nSPS) is 33.7. The first-order valence-electron chi connectivity index (χ1n) is 10.3. The van der Waals surface area contributed by atoms with E-state index in [9.17, 15) is 9.90 Å². The lowest BCUT2D eigenvalue weighted by atomic mass is 9.56. The fraction of sp³-hybridized carbons (Fsp3) is 0.682. The molecular weight excluding hydrogens is 340 g/mol. The van der Waals surface area contributed by atoms with Crippen molar-refractivity contribution in [3.05, 3.63) is 29.3 Å². The van der Waals surface area contributed by atoms with Crippen molar-refractivity contribution >= 4 is 5.97 Å². The molecule has 1 N–H and O–H groups in total. The zero-order valence-corrected chi connectivity index (χ0v) is 16.8. The standard InChI is InChI=1S/C22H32N2O3/c1-15-20-13-16-6-7-17(27-3)14-18(16)22(15,8-11-23(20)2)9-12-24-10-4-5-19(24)21(25)26/h6-7,14-15,19-20H,4-5,8-13H2,1-3H3,(H,25,26)/t15-,19+,20+,22+/m0/s1. The molecule has 5 nitrogen and oxygen atoms in total. The highest BCUT2D eigenvalue weighted by Gasteiger charge is 2.50. The van der Waals surface area contributed by atoms with Gasteiger partial charge < -0.3 is 14.7 Å². The lowest BCUT2D eigenvalue weighted by Gasteiger charge is -2.55. The largest absolute Gasteiger partial charge is 0.497 e. The van der Waals surface area contributed by atoms with Crippen LogP contribution in [0, 0.1) is 5.92 Å². The minimum atomic E-state index is -0.662. The van der Waals surface area contributed by atoms with Gasteiger partial charge in [-0.2, -0.15) is 0 Å². The number of likely N-dealkylation sites (tertiary alicyclic amines) is 2. The van der Waals surface area contributed by atoms with Crippen LogP contribution in [0.25, 0.3) is 0 Å². The summed E-state index contributed by atoms with van der Waals surface area (Å²) in [7, 11) is 3.99. The number of piperidine rings is 1. The van der Waals surface area contributed by atoms with Crippen LogP contribution >= 0.6 is 0 Å². The third-order valence-electron chi connectivity index (χ3n) is 7.70. The smallest absolute Gasteiger partial charge is 0.320 e. The maximum atomic E-state index is 11.6. The molecule has 1 aromatic carbocycles. The van der Waals surface area contributed by atoms with Gasteiger partial charge in [-0.25, -0.2) is 0 Å². The van der Waals surface area contributed by atoms with E-state index < -0.39 is 5.97 Å². The lowest BCUT2D eigenvalue weighted by molar-refractivity contribution is -0.142. The molecule has 0 unspecified atom stereocenters. The number of carbonyl (C=O) groups is 1. The number of fused-ring (bicyclic) bond motifs is 4. The summed E-state index contributed by atoms with van der Waals surface area (Å²) in [6.45, 7) is 5.29. The summed E-state index contributed by atoms with van der Waals surface area (Å²) in [6, 6.07) is 6.85. The summed E-state index contributed by atoms with van der Waals surface area (Å²) in [5.74, 6) is 0.828. The monoisotopic (exact) mass is 372 g/mol. The van der Waals surface area contributed by atoms with E-state index in [1.807, 2.05) is 0 Å². The van der Waals surface area contributed by atoms with Crippen molar-refractivity contribution in [1.29, 1.82) is 0 Å². The Hall–Kier alpha value is -1.59. The van der Waals surface area contributed by atoms with E-state index in [1.54, 1.807) is 7.11 Å². The molecule has 4 rings (SSSR count). The Kier molecular flexibility index (Phi) is 4.93. The Morgan fingerprint density at radius 2 is 2.19 bits per heavy atom. The van der Waals surface area contributed by atoms with E-state index in [2.05, 4.69) is 42.0 Å². The number of hydrogen-bond acceptors (Lipinski definition) is 4. The molecule has 2 bridgehead atoms. The highest BCUT2D eigenvalue weighted by Crippen LogP contribution is 2.51. The minimum absolute atomic E-state index is 0.116. The zero-order chi connectivity index (χ0) is 19.2. The number of likely N-dealkylation sites (N-methyl/N-ethyl adjacent to an activating group) is 1. The number of aliphatic carboxylic acids is 1. The second-order valence-electron chi connectivity index (χ2n) is 8.75. The van der Waals surface area contributed by atoms with E-state index >= 15 is 0 Å². The van der Waals surface area contributed by atoms with Crippen LogP contribution in [0.2, 0.25) is 0 Å². The zero-order valence-electron chi connectivity index (χ0n) is 16.8. The lowest BCUT2D eigenvalue weighted by Crippen LogP contribution is -2.58. The highest BCUT2D eigenvalue weighted by atomic mass is 16.5. The van der Waals surface area contributed by atoms with Gasteiger partial charge in [0.2, 0.25) is 0 Å². The van der Waals surface area contributed by atoms with Crippen LogP contribution in [-0.2, 0) is 16.6 Å². The van der Waals surface area contributed by atoms with Crippen LogP contribution in [0.1, 0.15) is 43.7 Å². The SMILES string of the molecule is COc1ccc2c(c1)[C@@]1(CCN3CCC[C@@H]3C(=O)O)CCN(C)[C@H](C2)[C@@H]1C. The van der Waals surface area contributed by atoms with Crippen LogP contribution in [-0.4, -0.2) is 66.8 Å². The van der Waals surface area contributed by atoms with Crippen molar-refractivity contribution in [3.63, 3.8) is 0 Å². The Bertz CT molecular complexity index is 722.